The van der Waals surface area contributed by atoms with E-state index in [1.165, 1.54) is 0 Å². The van der Waals surface area contributed by atoms with Crippen LogP contribution in [-0.4, -0.2) is 28.4 Å². The lowest BCUT2D eigenvalue weighted by Crippen LogP contribution is -2.34. The van der Waals surface area contributed by atoms with E-state index in [1.54, 1.807) is 0 Å². The number of amides is 1. The van der Waals surface area contributed by atoms with Gasteiger partial charge >= 0.3 is 0 Å². The van der Waals surface area contributed by atoms with Crippen molar-refractivity contribution in [1.82, 2.24) is 9.88 Å². The topological polar surface area (TPSA) is 62.4 Å². The Morgan fingerprint density at radius 3 is 2.57 bits per heavy atom. The molecule has 5 heteroatoms. The second-order valence-electron chi connectivity index (χ2n) is 7.34. The molecule has 1 aliphatic rings. The highest BCUT2D eigenvalue weighted by Gasteiger charge is 2.33. The summed E-state index contributed by atoms with van der Waals surface area (Å²) in [5.74, 6) is 0.743. The highest BCUT2D eigenvalue weighted by atomic mass is 16.5. The largest absolute Gasteiger partial charge is 0.494 e. The van der Waals surface area contributed by atoms with Crippen LogP contribution in [0.3, 0.4) is 0 Å². The molecule has 0 bridgehead atoms. The lowest BCUT2D eigenvalue weighted by molar-refractivity contribution is 0.0729. The molecule has 1 heterocycles. The number of carbonyl (C=O) groups excluding carboxylic acids is 1. The van der Waals surface area contributed by atoms with E-state index in [1.807, 2.05) is 67.3 Å². The van der Waals surface area contributed by atoms with E-state index < -0.39 is 0 Å². The fourth-order valence-corrected chi connectivity index (χ4v) is 3.40. The summed E-state index contributed by atoms with van der Waals surface area (Å²) < 4.78 is 5.56. The lowest BCUT2D eigenvalue weighted by Gasteiger charge is -2.22. The zero-order valence-corrected chi connectivity index (χ0v) is 16.2. The van der Waals surface area contributed by atoms with Crippen LogP contribution in [0.4, 0.5) is 0 Å². The van der Waals surface area contributed by atoms with Gasteiger partial charge in [-0.1, -0.05) is 17.7 Å². The molecule has 3 aromatic rings. The molecule has 0 radical (unpaired) electrons. The van der Waals surface area contributed by atoms with Crippen LogP contribution in [-0.2, 0) is 6.54 Å². The first-order valence-electron chi connectivity index (χ1n) is 9.71. The Morgan fingerprint density at radius 1 is 1.14 bits per heavy atom. The van der Waals surface area contributed by atoms with Gasteiger partial charge in [-0.3, -0.25) is 9.59 Å². The number of aryl methyl sites for hydroxylation is 1. The van der Waals surface area contributed by atoms with Crippen LogP contribution in [0.25, 0.3) is 10.9 Å². The number of benzene rings is 2. The fourth-order valence-electron chi connectivity index (χ4n) is 3.40. The number of carbonyl (C=O) groups is 1. The first-order chi connectivity index (χ1) is 13.5. The smallest absolute Gasteiger partial charge is 0.254 e. The molecular formula is C23H24N2O3. The van der Waals surface area contributed by atoms with Crippen molar-refractivity contribution in [1.29, 1.82) is 0 Å². The van der Waals surface area contributed by atoms with Crippen molar-refractivity contribution in [3.05, 3.63) is 75.6 Å². The van der Waals surface area contributed by atoms with E-state index in [-0.39, 0.29) is 17.5 Å². The first-order valence-corrected chi connectivity index (χ1v) is 9.71. The molecule has 4 rings (SSSR count). The van der Waals surface area contributed by atoms with Gasteiger partial charge in [-0.2, -0.15) is 0 Å². The minimum Gasteiger partial charge on any atom is -0.494 e. The highest BCUT2D eigenvalue weighted by molar-refractivity contribution is 5.94. The number of hydrogen-bond donors (Lipinski definition) is 1. The number of aromatic nitrogens is 1. The monoisotopic (exact) mass is 376 g/mol. The van der Waals surface area contributed by atoms with Crippen molar-refractivity contribution in [2.75, 3.05) is 6.61 Å². The summed E-state index contributed by atoms with van der Waals surface area (Å²) in [6.07, 6.45) is 1.97. The summed E-state index contributed by atoms with van der Waals surface area (Å²) in [5, 5.41) is 0.902. The van der Waals surface area contributed by atoms with Gasteiger partial charge in [0, 0.05) is 28.1 Å². The highest BCUT2D eigenvalue weighted by Crippen LogP contribution is 2.30. The number of hydrogen-bond acceptors (Lipinski definition) is 3. The number of nitrogens with one attached hydrogen (secondary N) is 1. The Balaban J connectivity index is 1.65. The molecule has 0 aliphatic heterocycles. The number of rotatable bonds is 6. The molecular weight excluding hydrogens is 352 g/mol. The third kappa shape index (κ3) is 3.79. The van der Waals surface area contributed by atoms with Crippen molar-refractivity contribution in [2.24, 2.45) is 0 Å². The number of ether oxygens (including phenoxy) is 1. The zero-order chi connectivity index (χ0) is 19.7. The second kappa shape index (κ2) is 7.50. The summed E-state index contributed by atoms with van der Waals surface area (Å²) in [6, 6.07) is 15.3. The van der Waals surface area contributed by atoms with Gasteiger partial charge in [0.2, 0.25) is 0 Å². The van der Waals surface area contributed by atoms with Gasteiger partial charge in [0.25, 0.3) is 11.5 Å². The van der Waals surface area contributed by atoms with E-state index in [4.69, 9.17) is 4.74 Å². The average Bonchev–Trinajstić information content (AvgIpc) is 3.52. The Morgan fingerprint density at radius 2 is 1.89 bits per heavy atom. The van der Waals surface area contributed by atoms with Gasteiger partial charge in [0.05, 0.1) is 13.2 Å². The normalized spacial score (nSPS) is 13.5. The molecule has 1 fully saturated rings. The summed E-state index contributed by atoms with van der Waals surface area (Å²) in [4.78, 5) is 30.4. The molecule has 0 spiro atoms. The number of H-pyrrole nitrogens is 1. The fraction of sp³-hybridized carbons (Fsp3) is 0.304. The number of fused-ring (bicyclic) bond motifs is 1. The van der Waals surface area contributed by atoms with Crippen LogP contribution in [0.2, 0.25) is 0 Å². The van der Waals surface area contributed by atoms with E-state index in [9.17, 15) is 9.59 Å². The van der Waals surface area contributed by atoms with Crippen molar-refractivity contribution < 1.29 is 9.53 Å². The molecule has 28 heavy (non-hydrogen) atoms. The van der Waals surface area contributed by atoms with Crippen molar-refractivity contribution >= 4 is 16.8 Å². The summed E-state index contributed by atoms with van der Waals surface area (Å²) in [6.45, 7) is 4.83. The van der Waals surface area contributed by atoms with Crippen LogP contribution < -0.4 is 10.3 Å². The molecule has 144 valence electrons. The van der Waals surface area contributed by atoms with Gasteiger partial charge in [-0.15, -0.1) is 0 Å². The van der Waals surface area contributed by atoms with Gasteiger partial charge in [0.1, 0.15) is 5.75 Å². The van der Waals surface area contributed by atoms with Crippen molar-refractivity contribution in [3.8, 4) is 5.75 Å². The molecule has 1 saturated carbocycles. The zero-order valence-electron chi connectivity index (χ0n) is 16.2. The van der Waals surface area contributed by atoms with E-state index in [0.29, 0.717) is 24.3 Å². The molecule has 0 unspecified atom stereocenters. The first kappa shape index (κ1) is 18.3. The summed E-state index contributed by atoms with van der Waals surface area (Å²) in [7, 11) is 0. The molecule has 1 amide bonds. The molecule has 0 atom stereocenters. The van der Waals surface area contributed by atoms with Crippen LogP contribution in [0.5, 0.6) is 5.75 Å². The van der Waals surface area contributed by atoms with Gasteiger partial charge in [0.15, 0.2) is 0 Å². The Kier molecular flexibility index (Phi) is 4.90. The number of nitrogens with zero attached hydrogens (tertiary/aromatic N) is 1. The Labute approximate surface area is 163 Å². The number of pyridine rings is 1. The standard InChI is InChI=1S/C23H24N2O3/c1-3-28-20-10-11-21-17(13-20)12-18(22(26)24-21)14-25(19-8-9-19)23(27)16-6-4-15(2)5-7-16/h4-7,10-13,19H,3,8-9,14H2,1-2H3,(H,24,26). The summed E-state index contributed by atoms with van der Waals surface area (Å²) >= 11 is 0. The quantitative estimate of drug-likeness (QED) is 0.706. The molecule has 1 N–H and O–H groups in total. The van der Waals surface area contributed by atoms with Crippen LogP contribution >= 0.6 is 0 Å². The molecule has 2 aromatic carbocycles. The predicted molar refractivity (Wildman–Crippen MR) is 110 cm³/mol. The minimum absolute atomic E-state index is 0.0231. The predicted octanol–water partition coefficient (Wildman–Crippen LogP) is 4.04. The minimum atomic E-state index is -0.154. The SMILES string of the molecule is CCOc1ccc2[nH]c(=O)c(CN(C(=O)c3ccc(C)cc3)C3CC3)cc2c1. The maximum absolute atomic E-state index is 13.0. The third-order valence-corrected chi connectivity index (χ3v) is 5.09. The van der Waals surface area contributed by atoms with E-state index in [0.717, 1.165) is 35.1 Å². The Bertz CT molecular complexity index is 1070. The Hall–Kier alpha value is -3.08. The van der Waals surface area contributed by atoms with Crippen LogP contribution in [0, 0.1) is 6.92 Å². The maximum atomic E-state index is 13.0. The third-order valence-electron chi connectivity index (χ3n) is 5.09. The second-order valence-corrected chi connectivity index (χ2v) is 7.34. The maximum Gasteiger partial charge on any atom is 0.254 e. The van der Waals surface area contributed by atoms with Crippen molar-refractivity contribution in [3.63, 3.8) is 0 Å². The van der Waals surface area contributed by atoms with E-state index >= 15 is 0 Å². The van der Waals surface area contributed by atoms with Gasteiger partial charge in [-0.25, -0.2) is 0 Å². The lowest BCUT2D eigenvalue weighted by atomic mass is 10.1. The summed E-state index contributed by atoms with van der Waals surface area (Å²) in [5.41, 5.74) is 2.98. The van der Waals surface area contributed by atoms with Crippen molar-refractivity contribution in [2.45, 2.75) is 39.3 Å². The molecule has 5 nitrogen and oxygen atoms in total. The van der Waals surface area contributed by atoms with Crippen LogP contribution in [0.1, 0.15) is 41.3 Å². The average molecular weight is 376 g/mol. The van der Waals surface area contributed by atoms with Crippen LogP contribution in [0.15, 0.2) is 53.3 Å². The molecule has 0 saturated heterocycles. The van der Waals surface area contributed by atoms with Gasteiger partial charge < -0.3 is 14.6 Å². The molecule has 1 aliphatic carbocycles. The van der Waals surface area contributed by atoms with Gasteiger partial charge in [-0.05, 0) is 63.1 Å². The number of aromatic amines is 1. The van der Waals surface area contributed by atoms with E-state index in [2.05, 4.69) is 4.98 Å². The molecule has 1 aromatic heterocycles.